The number of halogens is 2. The second-order valence-corrected chi connectivity index (χ2v) is 4.66. The van der Waals surface area contributed by atoms with E-state index < -0.39 is 0 Å². The lowest BCUT2D eigenvalue weighted by molar-refractivity contribution is 0.594. The molecule has 84 valence electrons. The Balaban J connectivity index is 0.00000112. The lowest BCUT2D eigenvalue weighted by atomic mass is 9.98. The van der Waals surface area contributed by atoms with E-state index in [2.05, 4.69) is 13.0 Å². The summed E-state index contributed by atoms with van der Waals surface area (Å²) in [6, 6.07) is 6.10. The van der Waals surface area contributed by atoms with Gasteiger partial charge in [-0.1, -0.05) is 36.6 Å². The molecule has 1 saturated carbocycles. The summed E-state index contributed by atoms with van der Waals surface area (Å²) < 4.78 is 0. The topological polar surface area (TPSA) is 26.0 Å². The highest BCUT2D eigenvalue weighted by Gasteiger charge is 2.25. The predicted octanol–water partition coefficient (Wildman–Crippen LogP) is 3.87. The number of hydrogen-bond acceptors (Lipinski definition) is 1. The number of hydrogen-bond donors (Lipinski definition) is 1. The first-order valence-corrected chi connectivity index (χ1v) is 5.57. The van der Waals surface area contributed by atoms with E-state index in [1.807, 2.05) is 12.1 Å². The average Bonchev–Trinajstić information content (AvgIpc) is 2.87. The largest absolute Gasteiger partial charge is 0.324 e. The lowest BCUT2D eigenvalue weighted by Gasteiger charge is -2.15. The van der Waals surface area contributed by atoms with Crippen molar-refractivity contribution in [2.45, 2.75) is 32.2 Å². The molecule has 1 atom stereocenters. The molecule has 0 saturated heterocycles. The summed E-state index contributed by atoms with van der Waals surface area (Å²) in [4.78, 5) is 0. The summed E-state index contributed by atoms with van der Waals surface area (Å²) in [5.74, 6) is 0.848. The quantitative estimate of drug-likeness (QED) is 0.860. The molecular formula is C12H17Cl2N. The molecule has 3 heteroatoms. The fraction of sp³-hybridized carbons (Fsp3) is 0.500. The molecule has 1 aromatic rings. The van der Waals surface area contributed by atoms with Crippen molar-refractivity contribution in [2.24, 2.45) is 11.7 Å². The van der Waals surface area contributed by atoms with Crippen LogP contribution in [-0.2, 0) is 0 Å². The van der Waals surface area contributed by atoms with Crippen LogP contribution in [0.3, 0.4) is 0 Å². The second-order valence-electron chi connectivity index (χ2n) is 4.26. The van der Waals surface area contributed by atoms with Crippen molar-refractivity contribution < 1.29 is 0 Å². The minimum Gasteiger partial charge on any atom is -0.324 e. The molecule has 0 amide bonds. The van der Waals surface area contributed by atoms with E-state index in [0.29, 0.717) is 0 Å². The SMILES string of the molecule is Cc1cccc(Cl)c1[C@H](N)CC1CC1.Cl. The highest BCUT2D eigenvalue weighted by molar-refractivity contribution is 6.31. The van der Waals surface area contributed by atoms with Crippen molar-refractivity contribution in [3.63, 3.8) is 0 Å². The van der Waals surface area contributed by atoms with E-state index in [1.54, 1.807) is 0 Å². The average molecular weight is 246 g/mol. The van der Waals surface area contributed by atoms with Crippen LogP contribution in [0.25, 0.3) is 0 Å². The zero-order valence-corrected chi connectivity index (χ0v) is 10.4. The molecule has 0 aromatic heterocycles. The van der Waals surface area contributed by atoms with Crippen molar-refractivity contribution in [1.29, 1.82) is 0 Å². The molecule has 0 aliphatic heterocycles. The molecule has 1 nitrogen and oxygen atoms in total. The van der Waals surface area contributed by atoms with Gasteiger partial charge in [-0.2, -0.15) is 0 Å². The first-order valence-electron chi connectivity index (χ1n) is 5.19. The van der Waals surface area contributed by atoms with Gasteiger partial charge in [0.15, 0.2) is 0 Å². The molecule has 2 N–H and O–H groups in total. The Labute approximate surface area is 102 Å². The minimum atomic E-state index is 0. The van der Waals surface area contributed by atoms with Gasteiger partial charge in [-0.25, -0.2) is 0 Å². The Hall–Kier alpha value is -0.240. The third kappa shape index (κ3) is 3.10. The zero-order valence-electron chi connectivity index (χ0n) is 8.87. The van der Waals surface area contributed by atoms with Gasteiger partial charge in [0.2, 0.25) is 0 Å². The summed E-state index contributed by atoms with van der Waals surface area (Å²) in [6.45, 7) is 2.08. The van der Waals surface area contributed by atoms with Crippen LogP contribution >= 0.6 is 24.0 Å². The highest BCUT2D eigenvalue weighted by Crippen LogP contribution is 2.38. The van der Waals surface area contributed by atoms with Crippen LogP contribution in [0, 0.1) is 12.8 Å². The van der Waals surface area contributed by atoms with Crippen LogP contribution in [0.1, 0.15) is 36.4 Å². The molecule has 0 heterocycles. The van der Waals surface area contributed by atoms with Gasteiger partial charge >= 0.3 is 0 Å². The van der Waals surface area contributed by atoms with Crippen LogP contribution in [-0.4, -0.2) is 0 Å². The van der Waals surface area contributed by atoms with Crippen molar-refractivity contribution in [3.05, 3.63) is 34.3 Å². The molecule has 1 aromatic carbocycles. The molecule has 0 spiro atoms. The molecular weight excluding hydrogens is 229 g/mol. The molecule has 0 unspecified atom stereocenters. The number of rotatable bonds is 3. The minimum absolute atomic E-state index is 0. The van der Waals surface area contributed by atoms with E-state index >= 15 is 0 Å². The standard InChI is InChI=1S/C12H16ClN.ClH/c1-8-3-2-4-10(13)12(8)11(14)7-9-5-6-9;/h2-4,9,11H,5-7,14H2,1H3;1H/t11-;/m1./s1. The van der Waals surface area contributed by atoms with Gasteiger partial charge in [0, 0.05) is 11.1 Å². The van der Waals surface area contributed by atoms with Crippen LogP contribution in [0.5, 0.6) is 0 Å². The summed E-state index contributed by atoms with van der Waals surface area (Å²) in [7, 11) is 0. The maximum atomic E-state index is 6.15. The summed E-state index contributed by atoms with van der Waals surface area (Å²) in [5.41, 5.74) is 8.51. The van der Waals surface area contributed by atoms with Crippen LogP contribution < -0.4 is 5.73 Å². The maximum absolute atomic E-state index is 6.15. The molecule has 1 fully saturated rings. The van der Waals surface area contributed by atoms with Gasteiger partial charge in [0.05, 0.1) is 0 Å². The van der Waals surface area contributed by atoms with E-state index in [0.717, 1.165) is 22.9 Å². The Kier molecular flexibility index (Phi) is 4.45. The van der Waals surface area contributed by atoms with Crippen LogP contribution in [0.15, 0.2) is 18.2 Å². The van der Waals surface area contributed by atoms with Gasteiger partial charge in [-0.05, 0) is 36.5 Å². The fourth-order valence-corrected chi connectivity index (χ4v) is 2.31. The number of nitrogens with two attached hydrogens (primary N) is 1. The number of benzene rings is 1. The Morgan fingerprint density at radius 2 is 2.13 bits per heavy atom. The van der Waals surface area contributed by atoms with Gasteiger partial charge in [-0.15, -0.1) is 12.4 Å². The smallest absolute Gasteiger partial charge is 0.0456 e. The molecule has 0 bridgehead atoms. The Morgan fingerprint density at radius 1 is 1.47 bits per heavy atom. The summed E-state index contributed by atoms with van der Waals surface area (Å²) >= 11 is 6.15. The molecule has 1 aliphatic rings. The third-order valence-corrected chi connectivity index (χ3v) is 3.26. The molecule has 2 rings (SSSR count). The van der Waals surface area contributed by atoms with E-state index in [1.165, 1.54) is 18.4 Å². The van der Waals surface area contributed by atoms with E-state index in [4.69, 9.17) is 17.3 Å². The Morgan fingerprint density at radius 3 is 2.67 bits per heavy atom. The lowest BCUT2D eigenvalue weighted by Crippen LogP contribution is -2.13. The maximum Gasteiger partial charge on any atom is 0.0456 e. The monoisotopic (exact) mass is 245 g/mol. The predicted molar refractivity (Wildman–Crippen MR) is 67.7 cm³/mol. The van der Waals surface area contributed by atoms with E-state index in [9.17, 15) is 0 Å². The van der Waals surface area contributed by atoms with Gasteiger partial charge in [0.25, 0.3) is 0 Å². The number of aryl methyl sites for hydroxylation is 1. The van der Waals surface area contributed by atoms with Crippen molar-refractivity contribution in [3.8, 4) is 0 Å². The van der Waals surface area contributed by atoms with Gasteiger partial charge < -0.3 is 5.73 Å². The first-order chi connectivity index (χ1) is 6.68. The molecule has 15 heavy (non-hydrogen) atoms. The zero-order chi connectivity index (χ0) is 10.1. The Bertz CT molecular complexity index is 314. The second kappa shape index (κ2) is 5.20. The first kappa shape index (κ1) is 12.8. The third-order valence-electron chi connectivity index (χ3n) is 2.93. The van der Waals surface area contributed by atoms with Crippen LogP contribution in [0.2, 0.25) is 5.02 Å². The summed E-state index contributed by atoms with van der Waals surface area (Å²) in [5, 5.41) is 0.818. The fourth-order valence-electron chi connectivity index (χ4n) is 1.94. The normalized spacial score (nSPS) is 17.0. The van der Waals surface area contributed by atoms with E-state index in [-0.39, 0.29) is 18.4 Å². The van der Waals surface area contributed by atoms with Gasteiger partial charge in [0.1, 0.15) is 0 Å². The summed E-state index contributed by atoms with van der Waals surface area (Å²) in [6.07, 6.45) is 3.78. The van der Waals surface area contributed by atoms with Gasteiger partial charge in [-0.3, -0.25) is 0 Å². The van der Waals surface area contributed by atoms with Crippen molar-refractivity contribution in [2.75, 3.05) is 0 Å². The molecule has 1 aliphatic carbocycles. The van der Waals surface area contributed by atoms with Crippen molar-refractivity contribution >= 4 is 24.0 Å². The molecule has 0 radical (unpaired) electrons. The van der Waals surface area contributed by atoms with Crippen molar-refractivity contribution in [1.82, 2.24) is 0 Å². The highest BCUT2D eigenvalue weighted by atomic mass is 35.5. The van der Waals surface area contributed by atoms with Crippen LogP contribution in [0.4, 0.5) is 0 Å².